The van der Waals surface area contributed by atoms with Gasteiger partial charge in [-0.1, -0.05) is 0 Å². The zero-order valence-electron chi connectivity index (χ0n) is 12.2. The average molecular weight is 278 g/mol. The van der Waals surface area contributed by atoms with Gasteiger partial charge >= 0.3 is 0 Å². The molecule has 0 aromatic heterocycles. The van der Waals surface area contributed by atoms with Crippen LogP contribution < -0.4 is 10.6 Å². The van der Waals surface area contributed by atoms with E-state index in [9.17, 15) is 4.79 Å². The molecule has 20 heavy (non-hydrogen) atoms. The summed E-state index contributed by atoms with van der Waals surface area (Å²) in [6, 6.07) is 7.67. The third-order valence-corrected chi connectivity index (χ3v) is 3.37. The van der Waals surface area contributed by atoms with Crippen LogP contribution in [0, 0.1) is 5.92 Å². The van der Waals surface area contributed by atoms with Crippen molar-refractivity contribution in [1.82, 2.24) is 0 Å². The fraction of sp³-hybridized carbons (Fsp3) is 0.533. The molecule has 0 saturated heterocycles. The largest absolute Gasteiger partial charge is 0.377 e. The molecule has 1 aliphatic rings. The highest BCUT2D eigenvalue weighted by atomic mass is 16.7. The standard InChI is InChI=1S/C15H22N2O3/c1-10(15(19-2)20-3)16-12-6-8-13(9-7-12)17-14(18)11-4-5-11/h6-11,15-16H,4-5H2,1-3H3,(H,17,18). The zero-order valence-corrected chi connectivity index (χ0v) is 12.2. The summed E-state index contributed by atoms with van der Waals surface area (Å²) < 4.78 is 10.4. The Morgan fingerprint density at radius 1 is 1.15 bits per heavy atom. The third kappa shape index (κ3) is 3.95. The van der Waals surface area contributed by atoms with Gasteiger partial charge in [0.2, 0.25) is 5.91 Å². The van der Waals surface area contributed by atoms with Crippen LogP contribution in [0.15, 0.2) is 24.3 Å². The number of amides is 1. The second-order valence-electron chi connectivity index (χ2n) is 5.11. The molecule has 0 aliphatic heterocycles. The van der Waals surface area contributed by atoms with Crippen LogP contribution in [0.5, 0.6) is 0 Å². The summed E-state index contributed by atoms with van der Waals surface area (Å²) in [5.74, 6) is 0.342. The van der Waals surface area contributed by atoms with Crippen molar-refractivity contribution in [3.63, 3.8) is 0 Å². The summed E-state index contributed by atoms with van der Waals surface area (Å²) in [6.07, 6.45) is 1.72. The van der Waals surface area contributed by atoms with E-state index >= 15 is 0 Å². The molecule has 0 radical (unpaired) electrons. The minimum Gasteiger partial charge on any atom is -0.377 e. The summed E-state index contributed by atoms with van der Waals surface area (Å²) in [4.78, 5) is 11.6. The minimum absolute atomic E-state index is 0.0249. The molecule has 0 heterocycles. The number of carbonyl (C=O) groups excluding carboxylic acids is 1. The summed E-state index contributed by atoms with van der Waals surface area (Å²) in [6.45, 7) is 1.99. The van der Waals surface area contributed by atoms with Crippen LogP contribution in [-0.4, -0.2) is 32.5 Å². The number of benzene rings is 1. The molecular weight excluding hydrogens is 256 g/mol. The molecule has 1 aromatic carbocycles. The van der Waals surface area contributed by atoms with Gasteiger partial charge in [0.15, 0.2) is 6.29 Å². The van der Waals surface area contributed by atoms with E-state index in [1.165, 1.54) is 0 Å². The van der Waals surface area contributed by atoms with E-state index in [1.807, 2.05) is 31.2 Å². The summed E-state index contributed by atoms with van der Waals surface area (Å²) >= 11 is 0. The molecule has 1 aromatic rings. The maximum Gasteiger partial charge on any atom is 0.227 e. The van der Waals surface area contributed by atoms with Gasteiger partial charge in [0.05, 0.1) is 6.04 Å². The van der Waals surface area contributed by atoms with Crippen LogP contribution in [0.25, 0.3) is 0 Å². The molecule has 1 atom stereocenters. The Kier molecular flexibility index (Phi) is 4.98. The smallest absolute Gasteiger partial charge is 0.227 e. The van der Waals surface area contributed by atoms with Gasteiger partial charge in [-0.15, -0.1) is 0 Å². The van der Waals surface area contributed by atoms with Crippen LogP contribution in [-0.2, 0) is 14.3 Å². The molecule has 110 valence electrons. The lowest BCUT2D eigenvalue weighted by molar-refractivity contribution is -0.117. The Bertz CT molecular complexity index is 439. The SMILES string of the molecule is COC(OC)C(C)Nc1ccc(NC(=O)C2CC2)cc1. The number of hydrogen-bond donors (Lipinski definition) is 2. The van der Waals surface area contributed by atoms with Crippen molar-refractivity contribution in [3.8, 4) is 0 Å². The number of anilines is 2. The molecular formula is C15H22N2O3. The van der Waals surface area contributed by atoms with E-state index in [1.54, 1.807) is 14.2 Å². The minimum atomic E-state index is -0.302. The van der Waals surface area contributed by atoms with Crippen LogP contribution in [0.3, 0.4) is 0 Å². The lowest BCUT2D eigenvalue weighted by Gasteiger charge is -2.23. The first-order valence-electron chi connectivity index (χ1n) is 6.87. The fourth-order valence-electron chi connectivity index (χ4n) is 2.08. The van der Waals surface area contributed by atoms with Gasteiger partial charge in [-0.25, -0.2) is 0 Å². The molecule has 0 bridgehead atoms. The summed E-state index contributed by atoms with van der Waals surface area (Å²) in [5, 5.41) is 6.21. The van der Waals surface area contributed by atoms with Gasteiger partial charge in [0.1, 0.15) is 0 Å². The summed E-state index contributed by atoms with van der Waals surface area (Å²) in [7, 11) is 3.23. The van der Waals surface area contributed by atoms with Crippen molar-refractivity contribution in [2.45, 2.75) is 32.1 Å². The monoisotopic (exact) mass is 278 g/mol. The first-order chi connectivity index (χ1) is 9.63. The Labute approximate surface area is 119 Å². The molecule has 1 saturated carbocycles. The lowest BCUT2D eigenvalue weighted by Crippen LogP contribution is -2.33. The van der Waals surface area contributed by atoms with E-state index in [0.717, 1.165) is 24.2 Å². The number of methoxy groups -OCH3 is 2. The number of hydrogen-bond acceptors (Lipinski definition) is 4. The first kappa shape index (κ1) is 14.8. The van der Waals surface area contributed by atoms with Crippen molar-refractivity contribution in [2.75, 3.05) is 24.9 Å². The molecule has 5 nitrogen and oxygen atoms in total. The Hall–Kier alpha value is -1.59. The first-order valence-corrected chi connectivity index (χ1v) is 6.87. The van der Waals surface area contributed by atoms with Gasteiger partial charge in [-0.3, -0.25) is 4.79 Å². The van der Waals surface area contributed by atoms with Gasteiger partial charge < -0.3 is 20.1 Å². The quantitative estimate of drug-likeness (QED) is 0.752. The number of ether oxygens (including phenoxy) is 2. The maximum absolute atomic E-state index is 11.6. The molecule has 1 aliphatic carbocycles. The van der Waals surface area contributed by atoms with Crippen molar-refractivity contribution in [3.05, 3.63) is 24.3 Å². The van der Waals surface area contributed by atoms with Crippen molar-refractivity contribution < 1.29 is 14.3 Å². The second-order valence-corrected chi connectivity index (χ2v) is 5.11. The molecule has 2 rings (SSSR count). The molecule has 2 N–H and O–H groups in total. The maximum atomic E-state index is 11.6. The predicted molar refractivity (Wildman–Crippen MR) is 78.7 cm³/mol. The summed E-state index contributed by atoms with van der Waals surface area (Å²) in [5.41, 5.74) is 1.79. The zero-order chi connectivity index (χ0) is 14.5. The van der Waals surface area contributed by atoms with E-state index in [-0.39, 0.29) is 24.2 Å². The van der Waals surface area contributed by atoms with E-state index in [2.05, 4.69) is 10.6 Å². The topological polar surface area (TPSA) is 59.6 Å². The predicted octanol–water partition coefficient (Wildman–Crippen LogP) is 2.45. The van der Waals surface area contributed by atoms with E-state index in [4.69, 9.17) is 9.47 Å². The van der Waals surface area contributed by atoms with Gasteiger partial charge in [0.25, 0.3) is 0 Å². The third-order valence-electron chi connectivity index (χ3n) is 3.37. The van der Waals surface area contributed by atoms with Crippen LogP contribution >= 0.6 is 0 Å². The van der Waals surface area contributed by atoms with Gasteiger partial charge in [-0.05, 0) is 44.0 Å². The molecule has 1 unspecified atom stereocenters. The second kappa shape index (κ2) is 6.72. The van der Waals surface area contributed by atoms with Gasteiger partial charge in [-0.2, -0.15) is 0 Å². The Morgan fingerprint density at radius 2 is 1.70 bits per heavy atom. The Balaban J connectivity index is 1.88. The molecule has 5 heteroatoms. The van der Waals surface area contributed by atoms with Crippen molar-refractivity contribution in [1.29, 1.82) is 0 Å². The van der Waals surface area contributed by atoms with Gasteiger partial charge in [0, 0.05) is 31.5 Å². The highest BCUT2D eigenvalue weighted by Gasteiger charge is 2.29. The van der Waals surface area contributed by atoms with Crippen LogP contribution in [0.4, 0.5) is 11.4 Å². The highest BCUT2D eigenvalue weighted by molar-refractivity contribution is 5.94. The average Bonchev–Trinajstić information content (AvgIpc) is 3.27. The highest BCUT2D eigenvalue weighted by Crippen LogP contribution is 2.30. The molecule has 1 fully saturated rings. The van der Waals surface area contributed by atoms with Crippen LogP contribution in [0.1, 0.15) is 19.8 Å². The fourth-order valence-corrected chi connectivity index (χ4v) is 2.08. The van der Waals surface area contributed by atoms with Crippen molar-refractivity contribution in [2.24, 2.45) is 5.92 Å². The normalized spacial score (nSPS) is 16.0. The number of carbonyl (C=O) groups is 1. The number of nitrogens with one attached hydrogen (secondary N) is 2. The van der Waals surface area contributed by atoms with E-state index < -0.39 is 0 Å². The lowest BCUT2D eigenvalue weighted by atomic mass is 10.2. The van der Waals surface area contributed by atoms with Crippen LogP contribution in [0.2, 0.25) is 0 Å². The molecule has 0 spiro atoms. The Morgan fingerprint density at radius 3 is 2.20 bits per heavy atom. The van der Waals surface area contributed by atoms with Crippen molar-refractivity contribution >= 4 is 17.3 Å². The number of rotatable bonds is 7. The molecule has 1 amide bonds. The van der Waals surface area contributed by atoms with E-state index in [0.29, 0.717) is 0 Å².